The van der Waals surface area contributed by atoms with Crippen LogP contribution in [-0.2, 0) is 6.54 Å². The van der Waals surface area contributed by atoms with Crippen LogP contribution in [0.15, 0.2) is 24.3 Å². The molecule has 0 saturated heterocycles. The molecule has 0 aliphatic rings. The third-order valence-electron chi connectivity index (χ3n) is 2.78. The van der Waals surface area contributed by atoms with Crippen LogP contribution < -0.4 is 5.32 Å². The predicted molar refractivity (Wildman–Crippen MR) is 80.5 cm³/mol. The van der Waals surface area contributed by atoms with Gasteiger partial charge in [0.15, 0.2) is 0 Å². The van der Waals surface area contributed by atoms with Crippen LogP contribution in [0.3, 0.4) is 0 Å². The van der Waals surface area contributed by atoms with Gasteiger partial charge >= 0.3 is 0 Å². The SMILES string of the molecule is CN(C)CC(C)(O)CNCc1nc2ccccc2s1. The summed E-state index contributed by atoms with van der Waals surface area (Å²) in [5.74, 6) is 0. The molecule has 0 saturated carbocycles. The highest BCUT2D eigenvalue weighted by atomic mass is 32.1. The van der Waals surface area contributed by atoms with E-state index in [9.17, 15) is 5.11 Å². The third kappa shape index (κ3) is 4.24. The lowest BCUT2D eigenvalue weighted by Crippen LogP contribution is -2.45. The molecule has 0 aliphatic carbocycles. The first-order chi connectivity index (χ1) is 8.96. The van der Waals surface area contributed by atoms with Gasteiger partial charge in [-0.05, 0) is 33.2 Å². The van der Waals surface area contributed by atoms with Gasteiger partial charge in [0.05, 0.1) is 15.8 Å². The van der Waals surface area contributed by atoms with Crippen molar-refractivity contribution < 1.29 is 5.11 Å². The summed E-state index contributed by atoms with van der Waals surface area (Å²) in [5, 5.41) is 14.5. The molecule has 0 fully saturated rings. The molecule has 4 nitrogen and oxygen atoms in total. The fourth-order valence-corrected chi connectivity index (χ4v) is 3.11. The van der Waals surface area contributed by atoms with E-state index < -0.39 is 5.60 Å². The lowest BCUT2D eigenvalue weighted by molar-refractivity contribution is 0.0336. The monoisotopic (exact) mass is 279 g/mol. The second kappa shape index (κ2) is 5.96. The summed E-state index contributed by atoms with van der Waals surface area (Å²) in [7, 11) is 3.92. The van der Waals surface area contributed by atoms with E-state index in [2.05, 4.69) is 16.4 Å². The summed E-state index contributed by atoms with van der Waals surface area (Å²) in [6.07, 6.45) is 0. The van der Waals surface area contributed by atoms with Crippen LogP contribution in [0.1, 0.15) is 11.9 Å². The first-order valence-corrected chi connectivity index (χ1v) is 7.20. The summed E-state index contributed by atoms with van der Waals surface area (Å²) in [4.78, 5) is 6.54. The summed E-state index contributed by atoms with van der Waals surface area (Å²) < 4.78 is 1.21. The van der Waals surface area contributed by atoms with Gasteiger partial charge in [-0.15, -0.1) is 11.3 Å². The van der Waals surface area contributed by atoms with E-state index in [0.29, 0.717) is 19.6 Å². The minimum absolute atomic E-state index is 0.557. The van der Waals surface area contributed by atoms with Crippen LogP contribution in [-0.4, -0.2) is 47.8 Å². The fourth-order valence-electron chi connectivity index (χ4n) is 2.17. The number of para-hydroxylation sites is 1. The molecule has 0 amide bonds. The van der Waals surface area contributed by atoms with Crippen molar-refractivity contribution >= 4 is 21.6 Å². The van der Waals surface area contributed by atoms with E-state index in [1.54, 1.807) is 11.3 Å². The van der Waals surface area contributed by atoms with Crippen LogP contribution in [0.25, 0.3) is 10.2 Å². The molecular formula is C14H21N3OS. The zero-order valence-electron chi connectivity index (χ0n) is 11.7. The largest absolute Gasteiger partial charge is 0.388 e. The zero-order chi connectivity index (χ0) is 13.9. The van der Waals surface area contributed by atoms with Crippen LogP contribution in [0.5, 0.6) is 0 Å². The summed E-state index contributed by atoms with van der Waals surface area (Å²) in [6.45, 7) is 3.74. The molecular weight excluding hydrogens is 258 g/mol. The number of nitrogens with zero attached hydrogens (tertiary/aromatic N) is 2. The van der Waals surface area contributed by atoms with E-state index >= 15 is 0 Å². The molecule has 5 heteroatoms. The molecule has 0 spiro atoms. The highest BCUT2D eigenvalue weighted by molar-refractivity contribution is 7.18. The molecule has 1 aromatic heterocycles. The third-order valence-corrected chi connectivity index (χ3v) is 3.81. The van der Waals surface area contributed by atoms with Crippen molar-refractivity contribution in [1.82, 2.24) is 15.2 Å². The molecule has 0 radical (unpaired) electrons. The number of fused-ring (bicyclic) bond motifs is 1. The number of aromatic nitrogens is 1. The minimum atomic E-state index is -0.722. The maximum Gasteiger partial charge on any atom is 0.108 e. The predicted octanol–water partition coefficient (Wildman–Crippen LogP) is 1.70. The molecule has 1 atom stereocenters. The van der Waals surface area contributed by atoms with Crippen molar-refractivity contribution in [3.05, 3.63) is 29.3 Å². The second-order valence-electron chi connectivity index (χ2n) is 5.41. The number of hydrogen-bond donors (Lipinski definition) is 2. The fraction of sp³-hybridized carbons (Fsp3) is 0.500. The first-order valence-electron chi connectivity index (χ1n) is 6.38. The van der Waals surface area contributed by atoms with E-state index in [1.807, 2.05) is 44.1 Å². The van der Waals surface area contributed by atoms with Gasteiger partial charge < -0.3 is 15.3 Å². The Labute approximate surface area is 118 Å². The number of thiazole rings is 1. The van der Waals surface area contributed by atoms with Gasteiger partial charge in [0.25, 0.3) is 0 Å². The number of hydrogen-bond acceptors (Lipinski definition) is 5. The topological polar surface area (TPSA) is 48.4 Å². The van der Waals surface area contributed by atoms with Gasteiger partial charge in [-0.1, -0.05) is 12.1 Å². The Morgan fingerprint density at radius 2 is 2.11 bits per heavy atom. The van der Waals surface area contributed by atoms with Crippen LogP contribution in [0, 0.1) is 0 Å². The molecule has 2 N–H and O–H groups in total. The maximum atomic E-state index is 10.2. The molecule has 0 bridgehead atoms. The van der Waals surface area contributed by atoms with Crippen LogP contribution in [0.2, 0.25) is 0 Å². The Kier molecular flexibility index (Phi) is 4.52. The Morgan fingerprint density at radius 3 is 2.79 bits per heavy atom. The molecule has 1 aromatic carbocycles. The number of rotatable bonds is 6. The Bertz CT molecular complexity index is 503. The van der Waals surface area contributed by atoms with Crippen LogP contribution >= 0.6 is 11.3 Å². The number of benzene rings is 1. The lowest BCUT2D eigenvalue weighted by Gasteiger charge is -2.27. The molecule has 1 unspecified atom stereocenters. The number of aliphatic hydroxyl groups is 1. The summed E-state index contributed by atoms with van der Waals surface area (Å²) in [5.41, 5.74) is 0.324. The lowest BCUT2D eigenvalue weighted by atomic mass is 10.1. The summed E-state index contributed by atoms with van der Waals surface area (Å²) in [6, 6.07) is 8.14. The van der Waals surface area contributed by atoms with E-state index in [1.165, 1.54) is 4.70 Å². The van der Waals surface area contributed by atoms with Gasteiger partial charge in [-0.3, -0.25) is 0 Å². The number of nitrogens with one attached hydrogen (secondary N) is 1. The molecule has 1 heterocycles. The highest BCUT2D eigenvalue weighted by Crippen LogP contribution is 2.21. The minimum Gasteiger partial charge on any atom is -0.388 e. The van der Waals surface area contributed by atoms with Crippen molar-refractivity contribution in [2.24, 2.45) is 0 Å². The van der Waals surface area contributed by atoms with Crippen molar-refractivity contribution in [2.75, 3.05) is 27.2 Å². The maximum absolute atomic E-state index is 10.2. The Morgan fingerprint density at radius 1 is 1.37 bits per heavy atom. The van der Waals surface area contributed by atoms with Crippen LogP contribution in [0.4, 0.5) is 0 Å². The standard InChI is InChI=1S/C14H21N3OS/c1-14(18,10-17(2)3)9-15-8-13-16-11-6-4-5-7-12(11)19-13/h4-7,15,18H,8-10H2,1-3H3. The summed E-state index contributed by atoms with van der Waals surface area (Å²) >= 11 is 1.70. The van der Waals surface area contributed by atoms with Crippen molar-refractivity contribution in [1.29, 1.82) is 0 Å². The Hall–Kier alpha value is -1.01. The van der Waals surface area contributed by atoms with Crippen molar-refractivity contribution in [2.45, 2.75) is 19.1 Å². The Balaban J connectivity index is 1.88. The second-order valence-corrected chi connectivity index (χ2v) is 6.53. The average molecular weight is 279 g/mol. The molecule has 19 heavy (non-hydrogen) atoms. The van der Waals surface area contributed by atoms with E-state index in [4.69, 9.17) is 0 Å². The smallest absolute Gasteiger partial charge is 0.108 e. The normalized spacial score (nSPS) is 15.0. The molecule has 0 aliphatic heterocycles. The van der Waals surface area contributed by atoms with E-state index in [-0.39, 0.29) is 0 Å². The molecule has 104 valence electrons. The highest BCUT2D eigenvalue weighted by Gasteiger charge is 2.20. The van der Waals surface area contributed by atoms with E-state index in [0.717, 1.165) is 10.5 Å². The zero-order valence-corrected chi connectivity index (χ0v) is 12.5. The van der Waals surface area contributed by atoms with Gasteiger partial charge in [-0.2, -0.15) is 0 Å². The molecule has 2 aromatic rings. The van der Waals surface area contributed by atoms with Gasteiger partial charge in [0, 0.05) is 19.6 Å². The number of likely N-dealkylation sites (N-methyl/N-ethyl adjacent to an activating group) is 1. The van der Waals surface area contributed by atoms with Gasteiger partial charge in [-0.25, -0.2) is 4.98 Å². The first kappa shape index (κ1) is 14.4. The van der Waals surface area contributed by atoms with Crippen molar-refractivity contribution in [3.63, 3.8) is 0 Å². The average Bonchev–Trinajstić information content (AvgIpc) is 2.69. The van der Waals surface area contributed by atoms with Crippen molar-refractivity contribution in [3.8, 4) is 0 Å². The quantitative estimate of drug-likeness (QED) is 0.845. The molecule has 2 rings (SSSR count). The van der Waals surface area contributed by atoms with Gasteiger partial charge in [0.1, 0.15) is 5.01 Å². The van der Waals surface area contributed by atoms with Gasteiger partial charge in [0.2, 0.25) is 0 Å².